The van der Waals surface area contributed by atoms with Gasteiger partial charge in [-0.05, 0) is 26.3 Å². The Morgan fingerprint density at radius 3 is 2.67 bits per heavy atom. The number of hydrogen-bond acceptors (Lipinski definition) is 3. The SMILES string of the molecule is CNC(=O)C(C)NC(=O)[C@@H]1CCCCN1. The molecule has 0 aliphatic carbocycles. The van der Waals surface area contributed by atoms with Crippen LogP contribution in [-0.2, 0) is 9.59 Å². The van der Waals surface area contributed by atoms with Crippen LogP contribution < -0.4 is 16.0 Å². The minimum atomic E-state index is -0.466. The summed E-state index contributed by atoms with van der Waals surface area (Å²) < 4.78 is 0. The molecule has 15 heavy (non-hydrogen) atoms. The van der Waals surface area contributed by atoms with E-state index in [-0.39, 0.29) is 17.9 Å². The summed E-state index contributed by atoms with van der Waals surface area (Å²) in [6.45, 7) is 2.56. The zero-order chi connectivity index (χ0) is 11.3. The van der Waals surface area contributed by atoms with Gasteiger partial charge in [0.05, 0.1) is 6.04 Å². The fourth-order valence-electron chi connectivity index (χ4n) is 1.67. The lowest BCUT2D eigenvalue weighted by Gasteiger charge is -2.24. The summed E-state index contributed by atoms with van der Waals surface area (Å²) in [6.07, 6.45) is 3.04. The van der Waals surface area contributed by atoms with Crippen LogP contribution in [0.3, 0.4) is 0 Å². The Labute approximate surface area is 90.0 Å². The molecule has 3 N–H and O–H groups in total. The molecule has 0 bridgehead atoms. The van der Waals surface area contributed by atoms with E-state index >= 15 is 0 Å². The van der Waals surface area contributed by atoms with E-state index < -0.39 is 6.04 Å². The number of rotatable bonds is 3. The van der Waals surface area contributed by atoms with Gasteiger partial charge in [-0.25, -0.2) is 0 Å². The molecular weight excluding hydrogens is 194 g/mol. The van der Waals surface area contributed by atoms with Crippen LogP contribution in [0.4, 0.5) is 0 Å². The molecule has 5 nitrogen and oxygen atoms in total. The molecule has 0 spiro atoms. The number of carbonyl (C=O) groups excluding carboxylic acids is 2. The Kier molecular flexibility index (Phi) is 4.55. The fourth-order valence-corrected chi connectivity index (χ4v) is 1.67. The van der Waals surface area contributed by atoms with Crippen molar-refractivity contribution < 1.29 is 9.59 Å². The average molecular weight is 213 g/mol. The van der Waals surface area contributed by atoms with E-state index in [9.17, 15) is 9.59 Å². The third-order valence-corrected chi connectivity index (χ3v) is 2.63. The highest BCUT2D eigenvalue weighted by atomic mass is 16.2. The van der Waals surface area contributed by atoms with E-state index in [1.807, 2.05) is 0 Å². The summed E-state index contributed by atoms with van der Waals surface area (Å²) in [4.78, 5) is 22.9. The van der Waals surface area contributed by atoms with Crippen molar-refractivity contribution in [3.8, 4) is 0 Å². The largest absolute Gasteiger partial charge is 0.357 e. The summed E-state index contributed by atoms with van der Waals surface area (Å²) in [7, 11) is 1.56. The van der Waals surface area contributed by atoms with Gasteiger partial charge in [-0.15, -0.1) is 0 Å². The molecule has 0 aromatic carbocycles. The van der Waals surface area contributed by atoms with E-state index in [1.54, 1.807) is 14.0 Å². The third kappa shape index (κ3) is 3.51. The van der Waals surface area contributed by atoms with Crippen molar-refractivity contribution in [1.82, 2.24) is 16.0 Å². The predicted molar refractivity (Wildman–Crippen MR) is 57.3 cm³/mol. The Hall–Kier alpha value is -1.10. The number of nitrogens with one attached hydrogen (secondary N) is 3. The first-order chi connectivity index (χ1) is 7.15. The van der Waals surface area contributed by atoms with Gasteiger partial charge in [-0.2, -0.15) is 0 Å². The number of carbonyl (C=O) groups is 2. The second-order valence-electron chi connectivity index (χ2n) is 3.85. The lowest BCUT2D eigenvalue weighted by molar-refractivity contribution is -0.129. The molecule has 5 heteroatoms. The third-order valence-electron chi connectivity index (χ3n) is 2.63. The van der Waals surface area contributed by atoms with Crippen LogP contribution in [0.5, 0.6) is 0 Å². The van der Waals surface area contributed by atoms with Crippen LogP contribution in [0.25, 0.3) is 0 Å². The lowest BCUT2D eigenvalue weighted by Crippen LogP contribution is -2.52. The first-order valence-electron chi connectivity index (χ1n) is 5.40. The first-order valence-corrected chi connectivity index (χ1v) is 5.40. The molecule has 0 saturated carbocycles. The fraction of sp³-hybridized carbons (Fsp3) is 0.800. The van der Waals surface area contributed by atoms with Crippen molar-refractivity contribution >= 4 is 11.8 Å². The van der Waals surface area contributed by atoms with Crippen molar-refractivity contribution in [3.05, 3.63) is 0 Å². The average Bonchev–Trinajstić information content (AvgIpc) is 2.29. The van der Waals surface area contributed by atoms with Crippen LogP contribution >= 0.6 is 0 Å². The van der Waals surface area contributed by atoms with Crippen LogP contribution in [0, 0.1) is 0 Å². The first kappa shape index (κ1) is 12.0. The Morgan fingerprint density at radius 2 is 2.13 bits per heavy atom. The molecule has 0 aromatic rings. The van der Waals surface area contributed by atoms with Gasteiger partial charge in [0.1, 0.15) is 6.04 Å². The van der Waals surface area contributed by atoms with E-state index in [4.69, 9.17) is 0 Å². The van der Waals surface area contributed by atoms with Gasteiger partial charge in [0.2, 0.25) is 11.8 Å². The second kappa shape index (κ2) is 5.70. The van der Waals surface area contributed by atoms with E-state index in [2.05, 4.69) is 16.0 Å². The van der Waals surface area contributed by atoms with Crippen LogP contribution in [0.1, 0.15) is 26.2 Å². The van der Waals surface area contributed by atoms with Crippen LogP contribution in [0.2, 0.25) is 0 Å². The van der Waals surface area contributed by atoms with Crippen molar-refractivity contribution in [2.45, 2.75) is 38.3 Å². The summed E-state index contributed by atoms with van der Waals surface area (Å²) >= 11 is 0. The maximum atomic E-state index is 11.7. The molecule has 1 aliphatic heterocycles. The van der Waals surface area contributed by atoms with Crippen molar-refractivity contribution in [2.75, 3.05) is 13.6 Å². The van der Waals surface area contributed by atoms with Crippen LogP contribution in [0.15, 0.2) is 0 Å². The van der Waals surface area contributed by atoms with Gasteiger partial charge in [-0.3, -0.25) is 9.59 Å². The highest BCUT2D eigenvalue weighted by molar-refractivity contribution is 5.89. The molecule has 1 unspecified atom stereocenters. The molecule has 2 atom stereocenters. The topological polar surface area (TPSA) is 70.2 Å². The van der Waals surface area contributed by atoms with Crippen molar-refractivity contribution in [2.24, 2.45) is 0 Å². The van der Waals surface area contributed by atoms with E-state index in [1.165, 1.54) is 0 Å². The smallest absolute Gasteiger partial charge is 0.242 e. The zero-order valence-electron chi connectivity index (χ0n) is 9.30. The second-order valence-corrected chi connectivity index (χ2v) is 3.85. The van der Waals surface area contributed by atoms with Gasteiger partial charge in [0, 0.05) is 7.05 Å². The monoisotopic (exact) mass is 213 g/mol. The summed E-state index contributed by atoms with van der Waals surface area (Å²) in [6, 6.07) is -0.600. The Bertz CT molecular complexity index is 237. The molecule has 1 fully saturated rings. The maximum Gasteiger partial charge on any atom is 0.242 e. The Balaban J connectivity index is 2.36. The molecule has 1 rings (SSSR count). The molecule has 1 aliphatic rings. The van der Waals surface area contributed by atoms with Gasteiger partial charge >= 0.3 is 0 Å². The highest BCUT2D eigenvalue weighted by Crippen LogP contribution is 2.06. The molecule has 1 heterocycles. The van der Waals surface area contributed by atoms with Crippen molar-refractivity contribution in [3.63, 3.8) is 0 Å². The molecule has 1 saturated heterocycles. The minimum absolute atomic E-state index is 0.0780. The lowest BCUT2D eigenvalue weighted by atomic mass is 10.0. The van der Waals surface area contributed by atoms with Gasteiger partial charge < -0.3 is 16.0 Å². The van der Waals surface area contributed by atoms with Gasteiger partial charge in [-0.1, -0.05) is 6.42 Å². The van der Waals surface area contributed by atoms with Crippen molar-refractivity contribution in [1.29, 1.82) is 0 Å². The van der Waals surface area contributed by atoms with Gasteiger partial charge in [0.25, 0.3) is 0 Å². The number of piperidine rings is 1. The molecule has 0 aromatic heterocycles. The van der Waals surface area contributed by atoms with E-state index in [0.717, 1.165) is 25.8 Å². The Morgan fingerprint density at radius 1 is 1.40 bits per heavy atom. The van der Waals surface area contributed by atoms with E-state index in [0.29, 0.717) is 0 Å². The summed E-state index contributed by atoms with van der Waals surface area (Å²) in [5.74, 6) is -0.245. The number of hydrogen-bond donors (Lipinski definition) is 3. The minimum Gasteiger partial charge on any atom is -0.357 e. The molecular formula is C10H19N3O2. The maximum absolute atomic E-state index is 11.7. The normalized spacial score (nSPS) is 22.9. The molecule has 0 radical (unpaired) electrons. The number of likely N-dealkylation sites (N-methyl/N-ethyl adjacent to an activating group) is 1. The summed E-state index contributed by atoms with van der Waals surface area (Å²) in [5.41, 5.74) is 0. The van der Waals surface area contributed by atoms with Crippen LogP contribution in [-0.4, -0.2) is 37.5 Å². The standard InChI is InChI=1S/C10H19N3O2/c1-7(9(14)11-2)13-10(15)8-5-3-4-6-12-8/h7-8,12H,3-6H2,1-2H3,(H,11,14)(H,13,15)/t7?,8-/m0/s1. The quantitative estimate of drug-likeness (QED) is 0.585. The summed E-state index contributed by atoms with van der Waals surface area (Å²) in [5, 5.41) is 8.32. The highest BCUT2D eigenvalue weighted by Gasteiger charge is 2.23. The molecule has 2 amide bonds. The zero-order valence-corrected chi connectivity index (χ0v) is 9.30. The predicted octanol–water partition coefficient (Wildman–Crippen LogP) is -0.621. The molecule has 86 valence electrons. The van der Waals surface area contributed by atoms with Gasteiger partial charge in [0.15, 0.2) is 0 Å². The number of amides is 2.